The lowest BCUT2D eigenvalue weighted by molar-refractivity contribution is 0.474. The summed E-state index contributed by atoms with van der Waals surface area (Å²) in [4.78, 5) is 4.38. The summed E-state index contributed by atoms with van der Waals surface area (Å²) in [6, 6.07) is 12.9. The second-order valence-electron chi connectivity index (χ2n) is 4.71. The molecule has 0 heterocycles. The Labute approximate surface area is 118 Å². The zero-order valence-electron chi connectivity index (χ0n) is 11.0. The van der Waals surface area contributed by atoms with E-state index in [0.29, 0.717) is 16.5 Å². The van der Waals surface area contributed by atoms with Gasteiger partial charge in [0.25, 0.3) is 0 Å². The Kier molecular flexibility index (Phi) is 4.23. The first-order chi connectivity index (χ1) is 9.06. The van der Waals surface area contributed by atoms with E-state index in [1.807, 2.05) is 18.2 Å². The molecule has 0 radical (unpaired) electrons. The van der Waals surface area contributed by atoms with Crippen LogP contribution < -0.4 is 0 Å². The number of nitrogens with zero attached hydrogens (tertiary/aromatic N) is 1. The summed E-state index contributed by atoms with van der Waals surface area (Å²) in [6.07, 6.45) is 1.63. The summed E-state index contributed by atoms with van der Waals surface area (Å²) in [5.41, 5.74) is 2.72. The Morgan fingerprint density at radius 2 is 1.95 bits per heavy atom. The number of hydrogen-bond donors (Lipinski definition) is 1. The summed E-state index contributed by atoms with van der Waals surface area (Å²) in [5, 5.41) is 10.3. The van der Waals surface area contributed by atoms with Gasteiger partial charge >= 0.3 is 0 Å². The van der Waals surface area contributed by atoms with Crippen LogP contribution in [0.1, 0.15) is 30.9 Å². The van der Waals surface area contributed by atoms with Crippen LogP contribution in [0, 0.1) is 0 Å². The maximum atomic E-state index is 9.71. The summed E-state index contributed by atoms with van der Waals surface area (Å²) >= 11 is 5.89. The van der Waals surface area contributed by atoms with Crippen LogP contribution >= 0.6 is 11.6 Å². The van der Waals surface area contributed by atoms with Crippen LogP contribution in [0.5, 0.6) is 5.75 Å². The number of phenols is 1. The molecule has 0 unspecified atom stereocenters. The molecule has 0 amide bonds. The van der Waals surface area contributed by atoms with Gasteiger partial charge in [0, 0.05) is 16.8 Å². The predicted molar refractivity (Wildman–Crippen MR) is 80.9 cm³/mol. The maximum Gasteiger partial charge on any atom is 0.124 e. The summed E-state index contributed by atoms with van der Waals surface area (Å²) in [7, 11) is 0. The third kappa shape index (κ3) is 3.58. The first-order valence-corrected chi connectivity index (χ1v) is 6.56. The average Bonchev–Trinajstić information content (AvgIpc) is 2.40. The molecule has 98 valence electrons. The fourth-order valence-electron chi connectivity index (χ4n) is 1.74. The molecule has 3 heteroatoms. The van der Waals surface area contributed by atoms with E-state index in [-0.39, 0.29) is 5.75 Å². The highest BCUT2D eigenvalue weighted by Gasteiger charge is 2.01. The predicted octanol–water partition coefficient (Wildman–Crippen LogP) is 4.92. The summed E-state index contributed by atoms with van der Waals surface area (Å²) < 4.78 is 0. The van der Waals surface area contributed by atoms with Crippen molar-refractivity contribution >= 4 is 23.5 Å². The van der Waals surface area contributed by atoms with E-state index in [4.69, 9.17) is 11.6 Å². The molecule has 2 rings (SSSR count). The van der Waals surface area contributed by atoms with Gasteiger partial charge in [-0.2, -0.15) is 0 Å². The second kappa shape index (κ2) is 5.89. The van der Waals surface area contributed by atoms with Crippen molar-refractivity contribution in [3.8, 4) is 5.75 Å². The van der Waals surface area contributed by atoms with Crippen molar-refractivity contribution in [1.29, 1.82) is 0 Å². The molecule has 0 aliphatic rings. The third-order valence-corrected chi connectivity index (χ3v) is 3.11. The van der Waals surface area contributed by atoms with Gasteiger partial charge in [0.1, 0.15) is 5.75 Å². The first kappa shape index (κ1) is 13.6. The van der Waals surface area contributed by atoms with Crippen molar-refractivity contribution in [1.82, 2.24) is 0 Å². The minimum Gasteiger partial charge on any atom is -0.507 e. The largest absolute Gasteiger partial charge is 0.507 e. The lowest BCUT2D eigenvalue weighted by Gasteiger charge is -2.05. The van der Waals surface area contributed by atoms with Crippen LogP contribution in [0.25, 0.3) is 0 Å². The van der Waals surface area contributed by atoms with Crippen LogP contribution in [0.2, 0.25) is 5.02 Å². The molecule has 0 spiro atoms. The lowest BCUT2D eigenvalue weighted by Crippen LogP contribution is -1.86. The van der Waals surface area contributed by atoms with E-state index in [9.17, 15) is 5.11 Å². The Balaban J connectivity index is 2.27. The number of rotatable bonds is 3. The molecule has 19 heavy (non-hydrogen) atoms. The third-order valence-electron chi connectivity index (χ3n) is 2.88. The minimum atomic E-state index is 0.174. The number of halogens is 1. The molecule has 0 saturated heterocycles. The van der Waals surface area contributed by atoms with Gasteiger partial charge < -0.3 is 5.11 Å². The van der Waals surface area contributed by atoms with Gasteiger partial charge in [-0.25, -0.2) is 0 Å². The van der Waals surface area contributed by atoms with E-state index >= 15 is 0 Å². The quantitative estimate of drug-likeness (QED) is 0.791. The molecule has 0 bridgehead atoms. The van der Waals surface area contributed by atoms with Crippen LogP contribution in [-0.4, -0.2) is 11.3 Å². The molecule has 2 nitrogen and oxygen atoms in total. The lowest BCUT2D eigenvalue weighted by atomic mass is 10.0. The smallest absolute Gasteiger partial charge is 0.124 e. The zero-order valence-corrected chi connectivity index (χ0v) is 11.7. The summed E-state index contributed by atoms with van der Waals surface area (Å²) in [6.45, 7) is 4.29. The van der Waals surface area contributed by atoms with E-state index in [1.54, 1.807) is 24.4 Å². The highest BCUT2D eigenvalue weighted by Crippen LogP contribution is 2.23. The monoisotopic (exact) mass is 273 g/mol. The number of phenolic OH excluding ortho intramolecular Hbond substituents is 1. The summed E-state index contributed by atoms with van der Waals surface area (Å²) in [5.74, 6) is 0.642. The van der Waals surface area contributed by atoms with Gasteiger partial charge in [-0.3, -0.25) is 4.99 Å². The fraction of sp³-hybridized carbons (Fsp3) is 0.188. The van der Waals surface area contributed by atoms with Crippen LogP contribution in [-0.2, 0) is 0 Å². The first-order valence-electron chi connectivity index (χ1n) is 6.19. The standard InChI is InChI=1S/C16H16ClNO/c1-11(2)12-4-3-5-15(9-12)18-10-13-8-14(17)6-7-16(13)19/h3-11,19H,1-2H3. The molecular weight excluding hydrogens is 258 g/mol. The number of hydrogen-bond acceptors (Lipinski definition) is 2. The van der Waals surface area contributed by atoms with Gasteiger partial charge in [0.15, 0.2) is 0 Å². The van der Waals surface area contributed by atoms with Crippen molar-refractivity contribution in [2.45, 2.75) is 19.8 Å². The van der Waals surface area contributed by atoms with Gasteiger partial charge in [0.2, 0.25) is 0 Å². The van der Waals surface area contributed by atoms with Crippen LogP contribution in [0.4, 0.5) is 5.69 Å². The van der Waals surface area contributed by atoms with Gasteiger partial charge in [-0.1, -0.05) is 37.6 Å². The number of benzene rings is 2. The van der Waals surface area contributed by atoms with Crippen molar-refractivity contribution in [2.24, 2.45) is 4.99 Å². The Bertz CT molecular complexity index is 605. The van der Waals surface area contributed by atoms with Crippen molar-refractivity contribution in [2.75, 3.05) is 0 Å². The highest BCUT2D eigenvalue weighted by atomic mass is 35.5. The van der Waals surface area contributed by atoms with E-state index in [2.05, 4.69) is 24.9 Å². The second-order valence-corrected chi connectivity index (χ2v) is 5.15. The van der Waals surface area contributed by atoms with E-state index in [1.165, 1.54) is 5.56 Å². The molecule has 0 aliphatic heterocycles. The minimum absolute atomic E-state index is 0.174. The highest BCUT2D eigenvalue weighted by molar-refractivity contribution is 6.30. The Morgan fingerprint density at radius 3 is 2.68 bits per heavy atom. The van der Waals surface area contributed by atoms with Gasteiger partial charge in [-0.15, -0.1) is 0 Å². The SMILES string of the molecule is CC(C)c1cccc(N=Cc2cc(Cl)ccc2O)c1. The van der Waals surface area contributed by atoms with Gasteiger partial charge in [0.05, 0.1) is 5.69 Å². The van der Waals surface area contributed by atoms with E-state index < -0.39 is 0 Å². The van der Waals surface area contributed by atoms with Crippen LogP contribution in [0.3, 0.4) is 0 Å². The van der Waals surface area contributed by atoms with Crippen molar-refractivity contribution < 1.29 is 5.11 Å². The van der Waals surface area contributed by atoms with Crippen molar-refractivity contribution in [3.63, 3.8) is 0 Å². The van der Waals surface area contributed by atoms with Crippen LogP contribution in [0.15, 0.2) is 47.5 Å². The van der Waals surface area contributed by atoms with Gasteiger partial charge in [-0.05, 0) is 41.8 Å². The van der Waals surface area contributed by atoms with Crippen molar-refractivity contribution in [3.05, 3.63) is 58.6 Å². The Morgan fingerprint density at radius 1 is 1.16 bits per heavy atom. The number of aromatic hydroxyl groups is 1. The fourth-order valence-corrected chi connectivity index (χ4v) is 1.92. The molecule has 0 fully saturated rings. The maximum absolute atomic E-state index is 9.71. The Hall–Kier alpha value is -1.80. The molecular formula is C16H16ClNO. The molecule has 2 aromatic carbocycles. The molecule has 2 aromatic rings. The molecule has 0 aromatic heterocycles. The molecule has 0 atom stereocenters. The molecule has 0 aliphatic carbocycles. The number of aliphatic imine (C=N–C) groups is 1. The van der Waals surface area contributed by atoms with E-state index in [0.717, 1.165) is 5.69 Å². The molecule has 1 N–H and O–H groups in total. The average molecular weight is 274 g/mol. The normalized spacial score (nSPS) is 11.4. The zero-order chi connectivity index (χ0) is 13.8. The molecule has 0 saturated carbocycles. The topological polar surface area (TPSA) is 32.6 Å².